The van der Waals surface area contributed by atoms with E-state index in [2.05, 4.69) is 26.3 Å². The maximum atomic E-state index is 12.6. The number of nitrogens with zero attached hydrogens (tertiary/aromatic N) is 2. The van der Waals surface area contributed by atoms with Crippen molar-refractivity contribution < 1.29 is 19.1 Å². The molecule has 0 aliphatic carbocycles. The van der Waals surface area contributed by atoms with Gasteiger partial charge in [-0.25, -0.2) is 4.68 Å². The second-order valence-electron chi connectivity index (χ2n) is 6.58. The SMILES string of the molecule is CC(=O)c1cc2c(cc1NC(=O)Cn1nc(-c3ccc(Br)cc3)ccc1=O)OCO2. The van der Waals surface area contributed by atoms with Gasteiger partial charge >= 0.3 is 0 Å². The molecule has 0 unspecified atom stereocenters. The van der Waals surface area contributed by atoms with E-state index >= 15 is 0 Å². The number of Topliss-reactive ketones (excluding diaryl/α,β-unsaturated/α-hetero) is 1. The summed E-state index contributed by atoms with van der Waals surface area (Å²) in [6.45, 7) is 1.13. The van der Waals surface area contributed by atoms with Crippen LogP contribution in [0.25, 0.3) is 11.3 Å². The van der Waals surface area contributed by atoms with Crippen molar-refractivity contribution in [1.82, 2.24) is 9.78 Å². The first kappa shape index (κ1) is 19.8. The summed E-state index contributed by atoms with van der Waals surface area (Å²) in [4.78, 5) is 36.8. The summed E-state index contributed by atoms with van der Waals surface area (Å²) in [6, 6.07) is 13.5. The highest BCUT2D eigenvalue weighted by molar-refractivity contribution is 9.10. The van der Waals surface area contributed by atoms with Crippen LogP contribution in [0.15, 0.2) is 57.8 Å². The first-order valence-corrected chi connectivity index (χ1v) is 9.78. The second kappa shape index (κ2) is 8.11. The predicted molar refractivity (Wildman–Crippen MR) is 113 cm³/mol. The molecule has 4 rings (SSSR count). The van der Waals surface area contributed by atoms with Crippen LogP contribution in [0.4, 0.5) is 5.69 Å². The summed E-state index contributed by atoms with van der Waals surface area (Å²) in [5.41, 5.74) is 1.53. The number of carbonyl (C=O) groups excluding carboxylic acids is 2. The third-order valence-electron chi connectivity index (χ3n) is 4.47. The fraction of sp³-hybridized carbons (Fsp3) is 0.143. The summed E-state index contributed by atoms with van der Waals surface area (Å²) in [6.07, 6.45) is 0. The average Bonchev–Trinajstić information content (AvgIpc) is 3.17. The highest BCUT2D eigenvalue weighted by atomic mass is 79.9. The Morgan fingerprint density at radius 2 is 1.80 bits per heavy atom. The number of hydrogen-bond donors (Lipinski definition) is 1. The van der Waals surface area contributed by atoms with Gasteiger partial charge in [-0.15, -0.1) is 0 Å². The Morgan fingerprint density at radius 1 is 1.10 bits per heavy atom. The summed E-state index contributed by atoms with van der Waals surface area (Å²) in [7, 11) is 0. The molecule has 0 atom stereocenters. The Morgan fingerprint density at radius 3 is 2.50 bits per heavy atom. The largest absolute Gasteiger partial charge is 0.454 e. The van der Waals surface area contributed by atoms with Gasteiger partial charge in [0.25, 0.3) is 5.56 Å². The van der Waals surface area contributed by atoms with Crippen LogP contribution in [0.3, 0.4) is 0 Å². The molecule has 1 aromatic heterocycles. The number of amides is 1. The van der Waals surface area contributed by atoms with E-state index in [9.17, 15) is 14.4 Å². The molecule has 1 aliphatic rings. The third-order valence-corrected chi connectivity index (χ3v) is 4.99. The lowest BCUT2D eigenvalue weighted by atomic mass is 10.1. The number of aromatic nitrogens is 2. The Kier molecular flexibility index (Phi) is 5.37. The molecule has 0 spiro atoms. The zero-order valence-corrected chi connectivity index (χ0v) is 17.4. The molecule has 30 heavy (non-hydrogen) atoms. The topological polar surface area (TPSA) is 99.5 Å². The molecule has 0 saturated heterocycles. The molecule has 152 valence electrons. The molecule has 0 radical (unpaired) electrons. The van der Waals surface area contributed by atoms with Gasteiger partial charge in [-0.1, -0.05) is 28.1 Å². The molecule has 2 heterocycles. The van der Waals surface area contributed by atoms with Crippen LogP contribution < -0.4 is 20.3 Å². The number of anilines is 1. The van der Waals surface area contributed by atoms with Gasteiger partial charge in [-0.3, -0.25) is 14.4 Å². The summed E-state index contributed by atoms with van der Waals surface area (Å²) < 4.78 is 12.6. The quantitative estimate of drug-likeness (QED) is 0.575. The molecule has 0 bridgehead atoms. The van der Waals surface area contributed by atoms with Crippen molar-refractivity contribution in [3.05, 3.63) is 68.9 Å². The Hall–Kier alpha value is -3.46. The molecule has 0 saturated carbocycles. The minimum atomic E-state index is -0.501. The van der Waals surface area contributed by atoms with Crippen LogP contribution in [0.1, 0.15) is 17.3 Å². The minimum absolute atomic E-state index is 0.0479. The van der Waals surface area contributed by atoms with Gasteiger partial charge in [0.05, 0.1) is 11.4 Å². The maximum absolute atomic E-state index is 12.6. The van der Waals surface area contributed by atoms with Gasteiger partial charge < -0.3 is 14.8 Å². The van der Waals surface area contributed by atoms with Gasteiger partial charge in [0, 0.05) is 27.7 Å². The monoisotopic (exact) mass is 469 g/mol. The number of rotatable bonds is 5. The standard InChI is InChI=1S/C21H16BrN3O5/c1-12(26)15-8-18-19(30-11-29-18)9-17(15)23-20(27)10-25-21(28)7-6-16(24-25)13-2-4-14(22)5-3-13/h2-9H,10-11H2,1H3,(H,23,27). The summed E-state index contributed by atoms with van der Waals surface area (Å²) in [5, 5.41) is 6.95. The lowest BCUT2D eigenvalue weighted by Gasteiger charge is -2.11. The molecular formula is C21H16BrN3O5. The number of fused-ring (bicyclic) bond motifs is 1. The van der Waals surface area contributed by atoms with E-state index in [0.717, 1.165) is 14.7 Å². The molecule has 0 fully saturated rings. The predicted octanol–water partition coefficient (Wildman–Crippen LogP) is 3.24. The third kappa shape index (κ3) is 4.11. The first-order chi connectivity index (χ1) is 14.4. The van der Waals surface area contributed by atoms with E-state index in [1.165, 1.54) is 25.1 Å². The van der Waals surface area contributed by atoms with E-state index in [1.54, 1.807) is 6.07 Å². The van der Waals surface area contributed by atoms with E-state index in [4.69, 9.17) is 9.47 Å². The van der Waals surface area contributed by atoms with Crippen molar-refractivity contribution in [2.45, 2.75) is 13.5 Å². The number of hydrogen-bond acceptors (Lipinski definition) is 6. The molecule has 8 nitrogen and oxygen atoms in total. The number of ketones is 1. The molecule has 3 aromatic rings. The van der Waals surface area contributed by atoms with E-state index in [0.29, 0.717) is 17.2 Å². The van der Waals surface area contributed by atoms with E-state index in [1.807, 2.05) is 24.3 Å². The van der Waals surface area contributed by atoms with E-state index in [-0.39, 0.29) is 30.4 Å². The number of carbonyl (C=O) groups is 2. The summed E-state index contributed by atoms with van der Waals surface area (Å²) >= 11 is 3.37. The van der Waals surface area contributed by atoms with Crippen molar-refractivity contribution in [3.63, 3.8) is 0 Å². The number of halogens is 1. The number of ether oxygens (including phenoxy) is 2. The lowest BCUT2D eigenvalue weighted by Crippen LogP contribution is -2.29. The smallest absolute Gasteiger partial charge is 0.267 e. The van der Waals surface area contributed by atoms with Gasteiger partial charge in [0.15, 0.2) is 17.3 Å². The van der Waals surface area contributed by atoms with Crippen LogP contribution in [-0.4, -0.2) is 28.3 Å². The van der Waals surface area contributed by atoms with Crippen molar-refractivity contribution in [2.75, 3.05) is 12.1 Å². The van der Waals surface area contributed by atoms with Gasteiger partial charge in [-0.05, 0) is 31.2 Å². The fourth-order valence-electron chi connectivity index (χ4n) is 3.00. The second-order valence-corrected chi connectivity index (χ2v) is 7.49. The number of nitrogens with one attached hydrogen (secondary N) is 1. The molecule has 1 aliphatic heterocycles. The van der Waals surface area contributed by atoms with E-state index < -0.39 is 11.5 Å². The van der Waals surface area contributed by atoms with Crippen molar-refractivity contribution in [1.29, 1.82) is 0 Å². The minimum Gasteiger partial charge on any atom is -0.454 e. The Balaban J connectivity index is 1.58. The fourth-order valence-corrected chi connectivity index (χ4v) is 3.26. The molecule has 1 amide bonds. The molecule has 9 heteroatoms. The molecule has 1 N–H and O–H groups in total. The Labute approximate surface area is 179 Å². The maximum Gasteiger partial charge on any atom is 0.267 e. The highest BCUT2D eigenvalue weighted by Gasteiger charge is 2.20. The number of benzene rings is 2. The van der Waals surface area contributed by atoms with Gasteiger partial charge in [-0.2, -0.15) is 5.10 Å². The first-order valence-electron chi connectivity index (χ1n) is 8.99. The summed E-state index contributed by atoms with van der Waals surface area (Å²) in [5.74, 6) is 0.135. The average molecular weight is 470 g/mol. The Bertz CT molecular complexity index is 1200. The molecular weight excluding hydrogens is 454 g/mol. The zero-order valence-electron chi connectivity index (χ0n) is 15.8. The van der Waals surface area contributed by atoms with Crippen molar-refractivity contribution >= 4 is 33.3 Å². The van der Waals surface area contributed by atoms with Crippen molar-refractivity contribution in [3.8, 4) is 22.8 Å². The van der Waals surface area contributed by atoms with Crippen LogP contribution in [0, 0.1) is 0 Å². The van der Waals surface area contributed by atoms with Crippen molar-refractivity contribution in [2.24, 2.45) is 0 Å². The highest BCUT2D eigenvalue weighted by Crippen LogP contribution is 2.37. The van der Waals surface area contributed by atoms with Crippen LogP contribution in [0.5, 0.6) is 11.5 Å². The van der Waals surface area contributed by atoms with Crippen LogP contribution in [-0.2, 0) is 11.3 Å². The lowest BCUT2D eigenvalue weighted by molar-refractivity contribution is -0.117. The molecule has 2 aromatic carbocycles. The van der Waals surface area contributed by atoms with Gasteiger partial charge in [0.1, 0.15) is 6.54 Å². The van der Waals surface area contributed by atoms with Crippen LogP contribution >= 0.6 is 15.9 Å². The zero-order chi connectivity index (χ0) is 21.3. The normalized spacial score (nSPS) is 11.9. The van der Waals surface area contributed by atoms with Gasteiger partial charge in [0.2, 0.25) is 12.7 Å². The van der Waals surface area contributed by atoms with Crippen LogP contribution in [0.2, 0.25) is 0 Å².